The monoisotopic (exact) mass is 178 g/mol. The van der Waals surface area contributed by atoms with Gasteiger partial charge in [-0.05, 0) is 0 Å². The van der Waals surface area contributed by atoms with Crippen LogP contribution < -0.4 is 5.32 Å². The molecule has 4 nitrogen and oxygen atoms in total. The van der Waals surface area contributed by atoms with Crippen molar-refractivity contribution in [3.63, 3.8) is 0 Å². The molecule has 67 valence electrons. The predicted octanol–water partition coefficient (Wildman–Crippen LogP) is 1.15. The summed E-state index contributed by atoms with van der Waals surface area (Å²) in [7, 11) is 0. The van der Waals surface area contributed by atoms with E-state index in [4.69, 9.17) is 5.11 Å². The second kappa shape index (κ2) is 4.25. The Bertz CT molecular complexity index is 308. The molecule has 0 saturated carbocycles. The fourth-order valence-electron chi connectivity index (χ4n) is 0.855. The average molecular weight is 178 g/mol. The van der Waals surface area contributed by atoms with Crippen LogP contribution in [0, 0.1) is 0 Å². The fraction of sp³-hybridized carbons (Fsp3) is 0.111. The number of carboxylic acid groups (broad SMARTS) is 1. The van der Waals surface area contributed by atoms with Crippen molar-refractivity contribution in [1.29, 1.82) is 0 Å². The lowest BCUT2D eigenvalue weighted by Gasteiger charge is -1.97. The molecule has 0 aliphatic carbocycles. The summed E-state index contributed by atoms with van der Waals surface area (Å²) in [5.74, 6) is -0.289. The highest BCUT2D eigenvalue weighted by Gasteiger charge is 2.07. The Morgan fingerprint density at radius 3 is 2.38 bits per heavy atom. The number of amides is 1. The van der Waals surface area contributed by atoms with Crippen molar-refractivity contribution < 1.29 is 14.7 Å². The third-order valence-corrected chi connectivity index (χ3v) is 1.45. The largest absolute Gasteiger partial charge is 0.464 e. The van der Waals surface area contributed by atoms with Crippen LogP contribution in [0.4, 0.5) is 4.79 Å². The van der Waals surface area contributed by atoms with Gasteiger partial charge in [-0.2, -0.15) is 0 Å². The molecule has 0 aromatic heterocycles. The van der Waals surface area contributed by atoms with E-state index in [9.17, 15) is 9.59 Å². The molecule has 13 heavy (non-hydrogen) atoms. The molecule has 1 rings (SSSR count). The van der Waals surface area contributed by atoms with E-state index in [0.29, 0.717) is 5.56 Å². The van der Waals surface area contributed by atoms with Gasteiger partial charge in [0.2, 0.25) is 0 Å². The zero-order chi connectivity index (χ0) is 9.68. The van der Waals surface area contributed by atoms with Gasteiger partial charge >= 0.3 is 6.09 Å². The SMILES string of the molecule is O=C(O)[N]CC(=O)c1ccccc1. The van der Waals surface area contributed by atoms with Crippen molar-refractivity contribution in [2.75, 3.05) is 6.54 Å². The van der Waals surface area contributed by atoms with Crippen LogP contribution in [-0.4, -0.2) is 23.5 Å². The molecule has 1 N–H and O–H groups in total. The molecule has 0 bridgehead atoms. The van der Waals surface area contributed by atoms with Crippen LogP contribution in [0.25, 0.3) is 0 Å². The minimum atomic E-state index is -1.32. The van der Waals surface area contributed by atoms with Gasteiger partial charge in [-0.15, -0.1) is 0 Å². The smallest absolute Gasteiger partial charge is 0.426 e. The molecule has 1 aromatic carbocycles. The fourth-order valence-corrected chi connectivity index (χ4v) is 0.855. The zero-order valence-corrected chi connectivity index (χ0v) is 6.80. The van der Waals surface area contributed by atoms with Crippen molar-refractivity contribution in [1.82, 2.24) is 5.32 Å². The Morgan fingerprint density at radius 2 is 1.85 bits per heavy atom. The van der Waals surface area contributed by atoms with Crippen LogP contribution in [0.5, 0.6) is 0 Å². The molecule has 4 heteroatoms. The minimum Gasteiger partial charge on any atom is -0.464 e. The van der Waals surface area contributed by atoms with Crippen LogP contribution in [-0.2, 0) is 0 Å². The van der Waals surface area contributed by atoms with E-state index >= 15 is 0 Å². The number of nitrogens with zero attached hydrogens (tertiary/aromatic N) is 1. The Kier molecular flexibility index (Phi) is 3.03. The van der Waals surface area contributed by atoms with Gasteiger partial charge in [0.05, 0.1) is 0 Å². The van der Waals surface area contributed by atoms with E-state index in [1.54, 1.807) is 30.3 Å². The molecule has 1 radical (unpaired) electrons. The van der Waals surface area contributed by atoms with Crippen LogP contribution >= 0.6 is 0 Å². The van der Waals surface area contributed by atoms with Gasteiger partial charge in [0.15, 0.2) is 5.78 Å². The Balaban J connectivity index is 2.54. The summed E-state index contributed by atoms with van der Waals surface area (Å²) in [5.41, 5.74) is 0.479. The van der Waals surface area contributed by atoms with Crippen LogP contribution in [0.2, 0.25) is 0 Å². The van der Waals surface area contributed by atoms with Crippen LogP contribution in [0.3, 0.4) is 0 Å². The lowest BCUT2D eigenvalue weighted by atomic mass is 10.1. The number of carbonyl (C=O) groups is 2. The first-order valence-electron chi connectivity index (χ1n) is 3.69. The van der Waals surface area contributed by atoms with Crippen LogP contribution in [0.15, 0.2) is 30.3 Å². The third-order valence-electron chi connectivity index (χ3n) is 1.45. The number of hydrogen-bond acceptors (Lipinski definition) is 2. The maximum Gasteiger partial charge on any atom is 0.426 e. The lowest BCUT2D eigenvalue weighted by molar-refractivity contribution is 0.0985. The first kappa shape index (κ1) is 9.25. The average Bonchev–Trinajstić information content (AvgIpc) is 2.15. The van der Waals surface area contributed by atoms with Crippen molar-refractivity contribution in [2.24, 2.45) is 0 Å². The molecule has 0 unspecified atom stereocenters. The summed E-state index contributed by atoms with van der Waals surface area (Å²) >= 11 is 0. The second-order valence-electron chi connectivity index (χ2n) is 2.39. The Hall–Kier alpha value is -1.84. The van der Waals surface area contributed by atoms with Crippen molar-refractivity contribution in [3.05, 3.63) is 35.9 Å². The molecule has 1 aromatic rings. The summed E-state index contributed by atoms with van der Waals surface area (Å²) in [6.45, 7) is -0.306. The van der Waals surface area contributed by atoms with E-state index in [-0.39, 0.29) is 12.3 Å². The van der Waals surface area contributed by atoms with E-state index in [0.717, 1.165) is 0 Å². The lowest BCUT2D eigenvalue weighted by Crippen LogP contribution is -2.20. The van der Waals surface area contributed by atoms with Gasteiger partial charge in [-0.3, -0.25) is 4.79 Å². The molecular weight excluding hydrogens is 170 g/mol. The molecule has 0 fully saturated rings. The van der Waals surface area contributed by atoms with E-state index < -0.39 is 6.09 Å². The maximum atomic E-state index is 11.2. The normalized spacial score (nSPS) is 9.23. The number of benzene rings is 1. The molecular formula is C9H8NO3. The third kappa shape index (κ3) is 2.94. The highest BCUT2D eigenvalue weighted by Crippen LogP contribution is 1.98. The summed E-state index contributed by atoms with van der Waals surface area (Å²) in [6, 6.07) is 8.46. The van der Waals surface area contributed by atoms with E-state index in [2.05, 4.69) is 5.32 Å². The van der Waals surface area contributed by atoms with Gasteiger partial charge in [-0.1, -0.05) is 30.3 Å². The summed E-state index contributed by atoms with van der Waals surface area (Å²) in [5, 5.41) is 11.3. The van der Waals surface area contributed by atoms with E-state index in [1.165, 1.54) is 0 Å². The Morgan fingerprint density at radius 1 is 1.23 bits per heavy atom. The number of ketones is 1. The maximum absolute atomic E-state index is 11.2. The highest BCUT2D eigenvalue weighted by molar-refractivity contribution is 5.98. The van der Waals surface area contributed by atoms with Gasteiger partial charge in [0.25, 0.3) is 0 Å². The van der Waals surface area contributed by atoms with E-state index in [1.807, 2.05) is 0 Å². The molecule has 0 heterocycles. The van der Waals surface area contributed by atoms with Crippen LogP contribution in [0.1, 0.15) is 10.4 Å². The quantitative estimate of drug-likeness (QED) is 0.706. The summed E-state index contributed by atoms with van der Waals surface area (Å²) in [4.78, 5) is 21.2. The molecule has 0 saturated heterocycles. The Labute approximate surface area is 75.2 Å². The first-order chi connectivity index (χ1) is 6.20. The van der Waals surface area contributed by atoms with Crippen molar-refractivity contribution >= 4 is 11.9 Å². The number of Topliss-reactive ketones (excluding diaryl/α,β-unsaturated/α-hetero) is 1. The second-order valence-corrected chi connectivity index (χ2v) is 2.39. The standard InChI is InChI=1S/C9H8NO3/c11-8(6-10-9(12)13)7-4-2-1-3-5-7/h1-5H,6H2,(H,12,13). The topological polar surface area (TPSA) is 68.5 Å². The molecule has 0 spiro atoms. The molecule has 0 aliphatic heterocycles. The number of rotatable bonds is 3. The zero-order valence-electron chi connectivity index (χ0n) is 6.80. The van der Waals surface area contributed by atoms with Crippen molar-refractivity contribution in [3.8, 4) is 0 Å². The highest BCUT2D eigenvalue weighted by atomic mass is 16.4. The molecule has 0 atom stereocenters. The number of carbonyl (C=O) groups excluding carboxylic acids is 1. The minimum absolute atomic E-state index is 0.289. The predicted molar refractivity (Wildman–Crippen MR) is 45.8 cm³/mol. The molecule has 1 amide bonds. The summed E-state index contributed by atoms with van der Waals surface area (Å²) in [6.07, 6.45) is -1.32. The number of hydrogen-bond donors (Lipinski definition) is 1. The van der Waals surface area contributed by atoms with Gasteiger partial charge in [-0.25, -0.2) is 10.1 Å². The van der Waals surface area contributed by atoms with Gasteiger partial charge in [0.1, 0.15) is 6.54 Å². The van der Waals surface area contributed by atoms with Gasteiger partial charge < -0.3 is 5.11 Å². The van der Waals surface area contributed by atoms with Gasteiger partial charge in [0, 0.05) is 5.56 Å². The first-order valence-corrected chi connectivity index (χ1v) is 3.69. The van der Waals surface area contributed by atoms with Crippen molar-refractivity contribution in [2.45, 2.75) is 0 Å². The summed E-state index contributed by atoms with van der Waals surface area (Å²) < 4.78 is 0. The molecule has 0 aliphatic rings.